The number of aliphatic hydroxyl groups excluding tert-OH is 1. The van der Waals surface area contributed by atoms with E-state index in [4.69, 9.17) is 23.2 Å². The van der Waals surface area contributed by atoms with Gasteiger partial charge in [0.2, 0.25) is 0 Å². The lowest BCUT2D eigenvalue weighted by Crippen LogP contribution is -2.20. The van der Waals surface area contributed by atoms with Crippen molar-refractivity contribution in [3.05, 3.63) is 49.1 Å². The first-order valence-corrected chi connectivity index (χ1v) is 10.3. The summed E-state index contributed by atoms with van der Waals surface area (Å²) >= 11 is 9.53. The van der Waals surface area contributed by atoms with Crippen molar-refractivity contribution in [1.29, 1.82) is 0 Å². The minimum absolute atomic E-state index is 0.154. The molecule has 2 aromatic heterocycles. The molecule has 0 saturated carbocycles. The number of hydrogen-bond acceptors (Lipinski definition) is 5. The minimum atomic E-state index is -0.154. The second kappa shape index (κ2) is 12.0. The summed E-state index contributed by atoms with van der Waals surface area (Å²) in [4.78, 5) is 12.6. The molecule has 2 atom stereocenters. The number of anilines is 2. The Labute approximate surface area is 171 Å². The highest BCUT2D eigenvalue weighted by Gasteiger charge is 2.20. The molecule has 0 spiro atoms. The Morgan fingerprint density at radius 1 is 0.889 bits per heavy atom. The van der Waals surface area contributed by atoms with Crippen molar-refractivity contribution in [3.63, 3.8) is 0 Å². The van der Waals surface area contributed by atoms with Gasteiger partial charge >= 0.3 is 0 Å². The van der Waals surface area contributed by atoms with E-state index in [2.05, 4.69) is 38.8 Å². The lowest BCUT2D eigenvalue weighted by Gasteiger charge is -2.17. The van der Waals surface area contributed by atoms with Gasteiger partial charge in [0, 0.05) is 62.3 Å². The Balaban J connectivity index is 0.000000170. The summed E-state index contributed by atoms with van der Waals surface area (Å²) in [5.41, 5.74) is 2.47. The van der Waals surface area contributed by atoms with Crippen LogP contribution in [0.5, 0.6) is 0 Å². The highest BCUT2D eigenvalue weighted by molar-refractivity contribution is 6.40. The Hall–Kier alpha value is -1.56. The Morgan fingerprint density at radius 2 is 1.33 bits per heavy atom. The van der Waals surface area contributed by atoms with Crippen molar-refractivity contribution >= 4 is 34.6 Å². The van der Waals surface area contributed by atoms with Crippen LogP contribution in [-0.2, 0) is 0 Å². The van der Waals surface area contributed by atoms with E-state index in [-0.39, 0.29) is 11.4 Å². The number of aromatic nitrogens is 2. The van der Waals surface area contributed by atoms with E-state index in [1.165, 1.54) is 25.2 Å². The smallest absolute Gasteiger partial charge is 0.0967 e. The zero-order valence-electron chi connectivity index (χ0n) is 15.7. The molecule has 2 aromatic rings. The zero-order chi connectivity index (χ0) is 19.5. The molecular formula is C20H28Cl2N4O. The van der Waals surface area contributed by atoms with Crippen molar-refractivity contribution in [1.82, 2.24) is 9.97 Å². The minimum Gasteiger partial charge on any atom is -0.391 e. The second-order valence-electron chi connectivity index (χ2n) is 6.74. The van der Waals surface area contributed by atoms with Crippen molar-refractivity contribution in [3.8, 4) is 0 Å². The van der Waals surface area contributed by atoms with Crippen LogP contribution in [-0.4, -0.2) is 52.7 Å². The Morgan fingerprint density at radius 3 is 1.70 bits per heavy atom. The predicted octanol–water partition coefficient (Wildman–Crippen LogP) is 4.00. The van der Waals surface area contributed by atoms with Crippen LogP contribution in [0, 0.1) is 5.92 Å². The molecule has 4 rings (SSSR count). The van der Waals surface area contributed by atoms with Crippen LogP contribution in [0.4, 0.5) is 11.4 Å². The van der Waals surface area contributed by atoms with E-state index in [1.54, 1.807) is 12.4 Å². The van der Waals surface area contributed by atoms with E-state index >= 15 is 0 Å². The number of halogens is 2. The van der Waals surface area contributed by atoms with Gasteiger partial charge in [-0.25, -0.2) is 0 Å². The molecule has 0 amide bonds. The van der Waals surface area contributed by atoms with Crippen molar-refractivity contribution < 1.29 is 5.11 Å². The number of pyridine rings is 2. The molecule has 4 heterocycles. The van der Waals surface area contributed by atoms with Crippen LogP contribution >= 0.6 is 23.2 Å². The molecule has 0 aromatic carbocycles. The van der Waals surface area contributed by atoms with Crippen LogP contribution in [0.15, 0.2) is 49.1 Å². The fourth-order valence-electron chi connectivity index (χ4n) is 3.26. The van der Waals surface area contributed by atoms with Gasteiger partial charge in [0.15, 0.2) is 0 Å². The third-order valence-electron chi connectivity index (χ3n) is 4.64. The lowest BCUT2D eigenvalue weighted by atomic mass is 10.2. The number of alkyl halides is 2. The summed E-state index contributed by atoms with van der Waals surface area (Å²) < 4.78 is 0. The van der Waals surface area contributed by atoms with Crippen LogP contribution < -0.4 is 9.80 Å². The highest BCUT2D eigenvalue weighted by atomic mass is 35.5. The summed E-state index contributed by atoms with van der Waals surface area (Å²) in [6, 6.07) is 8.10. The normalized spacial score (nSPS) is 21.2. The fraction of sp³-hybridized carbons (Fsp3) is 0.500. The molecule has 0 radical (unpaired) electrons. The molecule has 0 bridgehead atoms. The highest BCUT2D eigenvalue weighted by Crippen LogP contribution is 2.22. The van der Waals surface area contributed by atoms with Gasteiger partial charge in [0.25, 0.3) is 0 Å². The number of nitrogens with zero attached hydrogens (tertiary/aromatic N) is 4. The van der Waals surface area contributed by atoms with Gasteiger partial charge in [0.1, 0.15) is 0 Å². The molecule has 2 aliphatic heterocycles. The monoisotopic (exact) mass is 410 g/mol. The van der Waals surface area contributed by atoms with Crippen LogP contribution in [0.1, 0.15) is 19.8 Å². The summed E-state index contributed by atoms with van der Waals surface area (Å²) in [5.74, 6) is 0.846. The predicted molar refractivity (Wildman–Crippen MR) is 114 cm³/mol. The van der Waals surface area contributed by atoms with Gasteiger partial charge in [0.05, 0.1) is 11.4 Å². The standard InChI is InChI=1S/C10H14N2.C9H12N2O.CH2Cl2/c1-9-4-7-12(8-9)10-2-5-11-6-3-10;12-9-3-6-11(7-9)8-1-4-10-5-2-8;2-1-3/h2-3,5-6,9H,4,7-8H2,1H3;1-2,4-5,9,12H,3,6-7H2;1H2/t2*9-;/m11./s1. The molecule has 148 valence electrons. The molecule has 2 fully saturated rings. The first-order chi connectivity index (χ1) is 13.1. The quantitative estimate of drug-likeness (QED) is 0.758. The molecule has 1 N–H and O–H groups in total. The summed E-state index contributed by atoms with van der Waals surface area (Å²) in [6.45, 7) is 6.41. The largest absolute Gasteiger partial charge is 0.391 e. The number of aliphatic hydroxyl groups is 1. The van der Waals surface area contributed by atoms with Gasteiger partial charge in [-0.1, -0.05) is 6.92 Å². The molecular weight excluding hydrogens is 383 g/mol. The van der Waals surface area contributed by atoms with Crippen molar-refractivity contribution in [2.45, 2.75) is 25.9 Å². The van der Waals surface area contributed by atoms with E-state index in [0.717, 1.165) is 31.1 Å². The van der Waals surface area contributed by atoms with Crippen molar-refractivity contribution in [2.24, 2.45) is 5.92 Å². The SMILES string of the molecule is C[C@@H]1CCN(c2ccncc2)C1.ClCCl.O[C@@H]1CCN(c2ccncc2)C1. The van der Waals surface area contributed by atoms with E-state index in [1.807, 2.05) is 24.5 Å². The topological polar surface area (TPSA) is 52.5 Å². The molecule has 0 unspecified atom stereocenters. The molecule has 7 heteroatoms. The molecule has 5 nitrogen and oxygen atoms in total. The summed E-state index contributed by atoms with van der Waals surface area (Å²) in [7, 11) is 0. The first kappa shape index (κ1) is 21.7. The molecule has 2 aliphatic rings. The maximum absolute atomic E-state index is 9.30. The number of hydrogen-bond donors (Lipinski definition) is 1. The van der Waals surface area contributed by atoms with Gasteiger partial charge in [-0.2, -0.15) is 0 Å². The van der Waals surface area contributed by atoms with Crippen LogP contribution in [0.25, 0.3) is 0 Å². The van der Waals surface area contributed by atoms with Gasteiger partial charge in [-0.05, 0) is 43.0 Å². The first-order valence-electron chi connectivity index (χ1n) is 9.24. The third-order valence-corrected chi connectivity index (χ3v) is 4.64. The molecule has 0 aliphatic carbocycles. The molecule has 2 saturated heterocycles. The maximum atomic E-state index is 9.30. The second-order valence-corrected chi connectivity index (χ2v) is 7.55. The van der Waals surface area contributed by atoms with Gasteiger partial charge < -0.3 is 14.9 Å². The van der Waals surface area contributed by atoms with Crippen LogP contribution in [0.2, 0.25) is 0 Å². The number of β-amino-alcohol motifs (C(OH)–C–C–N with tert-alkyl or cyclic N) is 1. The third kappa shape index (κ3) is 7.53. The average Bonchev–Trinajstić information content (AvgIpc) is 3.33. The summed E-state index contributed by atoms with van der Waals surface area (Å²) in [6.07, 6.45) is 9.32. The molecule has 27 heavy (non-hydrogen) atoms. The fourth-order valence-corrected chi connectivity index (χ4v) is 3.26. The van der Waals surface area contributed by atoms with E-state index in [9.17, 15) is 5.11 Å². The van der Waals surface area contributed by atoms with Gasteiger partial charge in [-0.15, -0.1) is 23.2 Å². The zero-order valence-corrected chi connectivity index (χ0v) is 17.2. The van der Waals surface area contributed by atoms with E-state index < -0.39 is 0 Å². The summed E-state index contributed by atoms with van der Waals surface area (Å²) in [5, 5.41) is 9.50. The number of rotatable bonds is 2. The maximum Gasteiger partial charge on any atom is 0.0967 e. The average molecular weight is 411 g/mol. The lowest BCUT2D eigenvalue weighted by molar-refractivity contribution is 0.198. The van der Waals surface area contributed by atoms with Crippen LogP contribution in [0.3, 0.4) is 0 Å². The van der Waals surface area contributed by atoms with Gasteiger partial charge in [-0.3, -0.25) is 9.97 Å². The Bertz CT molecular complexity index is 577. The Kier molecular flexibility index (Phi) is 9.67. The van der Waals surface area contributed by atoms with Crippen molar-refractivity contribution in [2.75, 3.05) is 41.3 Å². The van der Waals surface area contributed by atoms with E-state index in [0.29, 0.717) is 0 Å².